The molecule has 43 heavy (non-hydrogen) atoms. The topological polar surface area (TPSA) is 107 Å². The van der Waals surface area contributed by atoms with Gasteiger partial charge in [0.1, 0.15) is 24.5 Å². The van der Waals surface area contributed by atoms with Gasteiger partial charge in [-0.2, -0.15) is 4.57 Å². The zero-order chi connectivity index (χ0) is 30.4. The lowest BCUT2D eigenvalue weighted by Gasteiger charge is -2.21. The Kier molecular flexibility index (Phi) is 11.7. The second-order valence-corrected chi connectivity index (χ2v) is 12.2. The molecule has 4 rings (SSSR count). The van der Waals surface area contributed by atoms with Crippen LogP contribution in [0.5, 0.6) is 0 Å². The van der Waals surface area contributed by atoms with Gasteiger partial charge in [-0.25, -0.2) is 14.2 Å². The standard InChI is InChI=1S/C32H45N5O5.ClH/c1-22-36(21-24-15-16-27-28(29(24)38)25-13-9-10-14-26(25)35(27)6)19-20-37(22)23(2)41-30(39)33-17-11-7-8-12-18-34-31(40)42-32(3,4)5;/h9-10,13-14,19-20,23-24H,7-8,11-12,15-18,21H2,1-6H3,(H-,33,34,39,40);1H. The maximum absolute atomic E-state index is 13.6. The predicted octanol–water partition coefficient (Wildman–Crippen LogP) is 2.35. The minimum Gasteiger partial charge on any atom is -1.00 e. The summed E-state index contributed by atoms with van der Waals surface area (Å²) in [5.74, 6) is 1.03. The minimum absolute atomic E-state index is 0. The monoisotopic (exact) mass is 615 g/mol. The first-order valence-electron chi connectivity index (χ1n) is 15.0. The number of rotatable bonds is 11. The van der Waals surface area contributed by atoms with Crippen LogP contribution in [0.4, 0.5) is 9.59 Å². The highest BCUT2D eigenvalue weighted by atomic mass is 35.5. The van der Waals surface area contributed by atoms with E-state index >= 15 is 0 Å². The van der Waals surface area contributed by atoms with Gasteiger partial charge >= 0.3 is 12.2 Å². The number of ether oxygens (including phenoxy) is 2. The quantitative estimate of drug-likeness (QED) is 0.254. The first-order valence-corrected chi connectivity index (χ1v) is 15.0. The first kappa shape index (κ1) is 34.0. The Morgan fingerprint density at radius 3 is 2.40 bits per heavy atom. The highest BCUT2D eigenvalue weighted by molar-refractivity contribution is 6.11. The van der Waals surface area contributed by atoms with Crippen LogP contribution in [0.1, 0.15) is 87.9 Å². The minimum atomic E-state index is -0.498. The third-order valence-corrected chi connectivity index (χ3v) is 7.90. The van der Waals surface area contributed by atoms with Crippen molar-refractivity contribution in [2.45, 2.75) is 91.5 Å². The number of halogens is 1. The predicted molar refractivity (Wildman–Crippen MR) is 160 cm³/mol. The van der Waals surface area contributed by atoms with Gasteiger partial charge < -0.3 is 37.1 Å². The molecule has 2 aromatic heterocycles. The molecule has 2 heterocycles. The van der Waals surface area contributed by atoms with Gasteiger partial charge in [0.2, 0.25) is 6.23 Å². The van der Waals surface area contributed by atoms with Crippen LogP contribution in [0.15, 0.2) is 36.7 Å². The van der Waals surface area contributed by atoms with E-state index in [0.717, 1.165) is 66.5 Å². The van der Waals surface area contributed by atoms with Crippen LogP contribution in [0, 0.1) is 12.8 Å². The molecule has 1 aliphatic rings. The van der Waals surface area contributed by atoms with Crippen molar-refractivity contribution in [1.29, 1.82) is 0 Å². The van der Waals surface area contributed by atoms with Crippen LogP contribution in [0.25, 0.3) is 10.9 Å². The van der Waals surface area contributed by atoms with Gasteiger partial charge in [0, 0.05) is 56.1 Å². The number of hydrogen-bond acceptors (Lipinski definition) is 5. The number of carbonyl (C=O) groups is 3. The lowest BCUT2D eigenvalue weighted by molar-refractivity contribution is -0.706. The first-order chi connectivity index (χ1) is 20.0. The van der Waals surface area contributed by atoms with Crippen LogP contribution in [0.3, 0.4) is 0 Å². The van der Waals surface area contributed by atoms with E-state index in [2.05, 4.69) is 25.8 Å². The van der Waals surface area contributed by atoms with E-state index in [9.17, 15) is 14.4 Å². The molecule has 3 aromatic rings. The molecule has 236 valence electrons. The smallest absolute Gasteiger partial charge is 0.410 e. The highest BCUT2D eigenvalue weighted by Gasteiger charge is 2.34. The number of unbranched alkanes of at least 4 members (excludes halogenated alkanes) is 3. The molecule has 0 saturated carbocycles. The number of imidazole rings is 1. The van der Waals surface area contributed by atoms with E-state index in [1.165, 1.54) is 0 Å². The van der Waals surface area contributed by atoms with Gasteiger partial charge in [0.25, 0.3) is 5.82 Å². The molecule has 0 radical (unpaired) electrons. The number of fused-ring (bicyclic) bond motifs is 3. The molecule has 2 atom stereocenters. The molecule has 0 bridgehead atoms. The number of Topliss-reactive ketones (excluding diaryl/α,β-unsaturated/α-hetero) is 1. The number of aryl methyl sites for hydroxylation is 1. The molecule has 0 spiro atoms. The molecule has 2 N–H and O–H groups in total. The third kappa shape index (κ3) is 8.53. The summed E-state index contributed by atoms with van der Waals surface area (Å²) in [6, 6.07) is 8.12. The van der Waals surface area contributed by atoms with Gasteiger partial charge in [-0.05, 0) is 52.5 Å². The maximum Gasteiger partial charge on any atom is 0.410 e. The average Bonchev–Trinajstić information content (AvgIpc) is 3.43. The lowest BCUT2D eigenvalue weighted by atomic mass is 9.85. The van der Waals surface area contributed by atoms with Crippen molar-refractivity contribution < 1.29 is 40.8 Å². The molecule has 1 aromatic carbocycles. The second kappa shape index (κ2) is 14.8. The molecule has 0 fully saturated rings. The Labute approximate surface area is 260 Å². The van der Waals surface area contributed by atoms with E-state index in [4.69, 9.17) is 9.47 Å². The molecule has 2 amide bonds. The Hall–Kier alpha value is -3.53. The van der Waals surface area contributed by atoms with Crippen molar-refractivity contribution in [1.82, 2.24) is 19.8 Å². The average molecular weight is 616 g/mol. The summed E-state index contributed by atoms with van der Waals surface area (Å²) in [6.07, 6.45) is 7.74. The second-order valence-electron chi connectivity index (χ2n) is 12.2. The number of carbonyl (C=O) groups excluding carboxylic acids is 3. The number of benzene rings is 1. The van der Waals surface area contributed by atoms with E-state index < -0.39 is 24.0 Å². The van der Waals surface area contributed by atoms with Crippen molar-refractivity contribution >= 4 is 28.9 Å². The molecular formula is C32H46ClN5O5. The van der Waals surface area contributed by atoms with Crippen LogP contribution in [0.2, 0.25) is 0 Å². The van der Waals surface area contributed by atoms with Crippen molar-refractivity contribution in [3.8, 4) is 0 Å². The SMILES string of the molecule is Cc1n(C(C)OC(=O)NCCCCCCNC(=O)OC(C)(C)C)cc[n+]1CC1CCc2c(c3ccccc3n2C)C1=O.[Cl-]. The van der Waals surface area contributed by atoms with Gasteiger partial charge in [0.05, 0.1) is 5.92 Å². The molecule has 2 unspecified atom stereocenters. The molecule has 1 aliphatic carbocycles. The molecule has 0 saturated heterocycles. The lowest BCUT2D eigenvalue weighted by Crippen LogP contribution is -3.00. The van der Waals surface area contributed by atoms with Crippen LogP contribution < -0.4 is 27.6 Å². The molecule has 11 heteroatoms. The Morgan fingerprint density at radius 2 is 1.72 bits per heavy atom. The fraction of sp³-hybridized carbons (Fsp3) is 0.562. The van der Waals surface area contributed by atoms with Crippen LogP contribution in [-0.2, 0) is 29.5 Å². The summed E-state index contributed by atoms with van der Waals surface area (Å²) < 4.78 is 17.0. The largest absolute Gasteiger partial charge is 1.00 e. The normalized spacial score (nSPS) is 15.4. The molecule has 10 nitrogen and oxygen atoms in total. The van der Waals surface area contributed by atoms with E-state index in [0.29, 0.717) is 19.6 Å². The number of aromatic nitrogens is 3. The van der Waals surface area contributed by atoms with E-state index in [1.54, 1.807) is 0 Å². The Balaban J connectivity index is 0.00000506. The van der Waals surface area contributed by atoms with Crippen LogP contribution in [-0.4, -0.2) is 45.8 Å². The van der Waals surface area contributed by atoms with Gasteiger partial charge in [0.15, 0.2) is 5.78 Å². The summed E-state index contributed by atoms with van der Waals surface area (Å²) in [7, 11) is 2.04. The van der Waals surface area contributed by atoms with E-state index in [1.807, 2.05) is 76.8 Å². The number of ketones is 1. The van der Waals surface area contributed by atoms with Crippen molar-refractivity contribution in [3.63, 3.8) is 0 Å². The van der Waals surface area contributed by atoms with Gasteiger partial charge in [-0.1, -0.05) is 31.0 Å². The summed E-state index contributed by atoms with van der Waals surface area (Å²) in [4.78, 5) is 37.6. The van der Waals surface area contributed by atoms with Crippen molar-refractivity contribution in [2.24, 2.45) is 13.0 Å². The number of amides is 2. The van der Waals surface area contributed by atoms with Gasteiger partial charge in [-0.3, -0.25) is 4.79 Å². The summed E-state index contributed by atoms with van der Waals surface area (Å²) in [6.45, 7) is 11.0. The fourth-order valence-corrected chi connectivity index (χ4v) is 5.72. The number of hydrogen-bond donors (Lipinski definition) is 2. The zero-order valence-electron chi connectivity index (χ0n) is 26.2. The Morgan fingerprint density at radius 1 is 1.07 bits per heavy atom. The summed E-state index contributed by atoms with van der Waals surface area (Å²) in [5.41, 5.74) is 2.60. The number of nitrogens with zero attached hydrogens (tertiary/aromatic N) is 3. The highest BCUT2D eigenvalue weighted by Crippen LogP contribution is 2.34. The molecule has 0 aliphatic heterocycles. The Bertz CT molecular complexity index is 1420. The third-order valence-electron chi connectivity index (χ3n) is 7.90. The van der Waals surface area contributed by atoms with Crippen LogP contribution >= 0.6 is 0 Å². The number of alkyl carbamates (subject to hydrolysis) is 2. The molecular weight excluding hydrogens is 570 g/mol. The van der Waals surface area contributed by atoms with Crippen molar-refractivity contribution in [3.05, 3.63) is 53.7 Å². The number of para-hydroxylation sites is 1. The maximum atomic E-state index is 13.6. The number of nitrogens with one attached hydrogen (secondary N) is 2. The fourth-order valence-electron chi connectivity index (χ4n) is 5.72. The summed E-state index contributed by atoms with van der Waals surface area (Å²) in [5, 5.41) is 6.61. The van der Waals surface area contributed by atoms with Crippen molar-refractivity contribution in [2.75, 3.05) is 13.1 Å². The van der Waals surface area contributed by atoms with E-state index in [-0.39, 0.29) is 24.1 Å². The summed E-state index contributed by atoms with van der Waals surface area (Å²) >= 11 is 0. The van der Waals surface area contributed by atoms with Gasteiger partial charge in [-0.15, -0.1) is 0 Å². The zero-order valence-corrected chi connectivity index (χ0v) is 27.0.